The van der Waals surface area contributed by atoms with Gasteiger partial charge in [0.25, 0.3) is 0 Å². The van der Waals surface area contributed by atoms with Crippen LogP contribution in [-0.2, 0) is 16.6 Å². The summed E-state index contributed by atoms with van der Waals surface area (Å²) in [7, 11) is -2.07. The lowest BCUT2D eigenvalue weighted by Crippen LogP contribution is -2.27. The zero-order valence-electron chi connectivity index (χ0n) is 12.1. The third-order valence-corrected chi connectivity index (χ3v) is 4.83. The second kappa shape index (κ2) is 6.68. The maximum atomic E-state index is 12.7. The molecule has 0 spiro atoms. The molecule has 0 bridgehead atoms. The first-order valence-electron chi connectivity index (χ1n) is 6.67. The molecule has 114 valence electrons. The highest BCUT2D eigenvalue weighted by Crippen LogP contribution is 2.23. The normalized spacial score (nSPS) is 11.8. The molecule has 0 saturated heterocycles. The lowest BCUT2D eigenvalue weighted by atomic mass is 10.4. The van der Waals surface area contributed by atoms with Crippen molar-refractivity contribution in [3.05, 3.63) is 36.4 Å². The van der Waals surface area contributed by atoms with Crippen LogP contribution in [0.15, 0.2) is 35.7 Å². The van der Waals surface area contributed by atoms with Crippen molar-refractivity contribution in [1.82, 2.24) is 19.5 Å². The van der Waals surface area contributed by atoms with Gasteiger partial charge in [-0.3, -0.25) is 10.1 Å². The first-order valence-corrected chi connectivity index (χ1v) is 8.11. The molecule has 0 fully saturated rings. The van der Waals surface area contributed by atoms with Gasteiger partial charge in [-0.25, -0.2) is 8.42 Å². The molecular formula is C13H19N5O2S. The number of hydrogen-bond acceptors (Lipinski definition) is 5. The number of aromatic amines is 1. The van der Waals surface area contributed by atoms with E-state index in [0.29, 0.717) is 12.2 Å². The minimum Gasteiger partial charge on any atom is -0.384 e. The summed E-state index contributed by atoms with van der Waals surface area (Å²) in [5.41, 5.74) is 1.37. The maximum absolute atomic E-state index is 12.7. The molecule has 21 heavy (non-hydrogen) atoms. The van der Waals surface area contributed by atoms with Gasteiger partial charge in [-0.15, -0.1) is 0 Å². The van der Waals surface area contributed by atoms with Crippen molar-refractivity contribution < 1.29 is 8.42 Å². The fraction of sp³-hybridized carbons (Fsp3) is 0.385. The molecule has 7 nitrogen and oxygen atoms in total. The van der Waals surface area contributed by atoms with Gasteiger partial charge in [0, 0.05) is 44.3 Å². The second-order valence-corrected chi connectivity index (χ2v) is 6.68. The van der Waals surface area contributed by atoms with Crippen LogP contribution in [0.4, 0.5) is 5.69 Å². The summed E-state index contributed by atoms with van der Waals surface area (Å²) >= 11 is 0. The Hall–Kier alpha value is -1.93. The number of sulfonamides is 1. The highest BCUT2D eigenvalue weighted by Gasteiger charge is 2.24. The molecule has 0 aliphatic heterocycles. The second-order valence-electron chi connectivity index (χ2n) is 4.67. The monoisotopic (exact) mass is 309 g/mol. The number of nitrogens with one attached hydrogen (secondary N) is 2. The molecule has 2 heterocycles. The number of hydrogen-bond donors (Lipinski definition) is 2. The van der Waals surface area contributed by atoms with Gasteiger partial charge in [0.2, 0.25) is 10.0 Å². The highest BCUT2D eigenvalue weighted by molar-refractivity contribution is 7.89. The van der Waals surface area contributed by atoms with E-state index in [0.717, 1.165) is 12.0 Å². The minimum absolute atomic E-state index is 0.185. The van der Waals surface area contributed by atoms with Gasteiger partial charge < -0.3 is 5.32 Å². The Bertz CT molecular complexity index is 670. The molecule has 0 atom stereocenters. The predicted octanol–water partition coefficient (Wildman–Crippen LogP) is 1.45. The van der Waals surface area contributed by atoms with E-state index in [1.54, 1.807) is 31.7 Å². The van der Waals surface area contributed by atoms with E-state index < -0.39 is 10.0 Å². The molecule has 8 heteroatoms. The number of rotatable bonds is 7. The van der Waals surface area contributed by atoms with E-state index in [1.807, 2.05) is 6.92 Å². The van der Waals surface area contributed by atoms with Crippen LogP contribution in [0.25, 0.3) is 0 Å². The molecular weight excluding hydrogens is 290 g/mol. The Labute approximate surface area is 124 Å². The first kappa shape index (κ1) is 15.5. The smallest absolute Gasteiger partial charge is 0.246 e. The van der Waals surface area contributed by atoms with Crippen molar-refractivity contribution in [1.29, 1.82) is 0 Å². The van der Waals surface area contributed by atoms with E-state index in [2.05, 4.69) is 20.5 Å². The van der Waals surface area contributed by atoms with E-state index in [1.165, 1.54) is 10.5 Å². The quantitative estimate of drug-likeness (QED) is 0.807. The van der Waals surface area contributed by atoms with E-state index in [9.17, 15) is 8.42 Å². The Morgan fingerprint density at radius 3 is 2.86 bits per heavy atom. The molecule has 2 aromatic heterocycles. The molecule has 0 amide bonds. The highest BCUT2D eigenvalue weighted by atomic mass is 32.2. The Kier molecular flexibility index (Phi) is 4.92. The first-order chi connectivity index (χ1) is 10.1. The largest absolute Gasteiger partial charge is 0.384 e. The molecule has 2 rings (SSSR count). The van der Waals surface area contributed by atoms with Crippen LogP contribution >= 0.6 is 0 Å². The minimum atomic E-state index is -3.61. The lowest BCUT2D eigenvalue weighted by Gasteiger charge is -2.18. The summed E-state index contributed by atoms with van der Waals surface area (Å²) in [4.78, 5) is 4.12. The van der Waals surface area contributed by atoms with Crippen LogP contribution in [0.5, 0.6) is 0 Å². The van der Waals surface area contributed by atoms with Crippen LogP contribution < -0.4 is 5.32 Å². The summed E-state index contributed by atoms with van der Waals surface area (Å²) in [6, 6.07) is 1.67. The Morgan fingerprint density at radius 2 is 2.19 bits per heavy atom. The predicted molar refractivity (Wildman–Crippen MR) is 80.3 cm³/mol. The number of pyridine rings is 1. The van der Waals surface area contributed by atoms with Crippen molar-refractivity contribution in [2.75, 3.05) is 18.9 Å². The summed E-state index contributed by atoms with van der Waals surface area (Å²) < 4.78 is 26.6. The summed E-state index contributed by atoms with van der Waals surface area (Å²) in [5.74, 6) is 0. The third kappa shape index (κ3) is 3.59. The summed E-state index contributed by atoms with van der Waals surface area (Å²) in [5, 5.41) is 9.60. The standard InChI is InChI=1S/C13H19N5O2S/c1-3-5-15-12-4-6-14-9-13(12)21(19,20)18(2)10-11-7-16-17-8-11/h4,6-9H,3,5,10H2,1-2H3,(H,14,15)(H,16,17). The Balaban J connectivity index is 2.26. The zero-order valence-corrected chi connectivity index (χ0v) is 12.9. The van der Waals surface area contributed by atoms with Gasteiger partial charge in [0.05, 0.1) is 11.9 Å². The van der Waals surface area contributed by atoms with Crippen molar-refractivity contribution >= 4 is 15.7 Å². The molecule has 2 aromatic rings. The van der Waals surface area contributed by atoms with Gasteiger partial charge >= 0.3 is 0 Å². The van der Waals surface area contributed by atoms with Crippen molar-refractivity contribution in [2.45, 2.75) is 24.8 Å². The molecule has 0 radical (unpaired) electrons. The molecule has 0 saturated carbocycles. The Morgan fingerprint density at radius 1 is 1.38 bits per heavy atom. The van der Waals surface area contributed by atoms with Crippen LogP contribution in [0.1, 0.15) is 18.9 Å². The van der Waals surface area contributed by atoms with E-state index in [-0.39, 0.29) is 11.4 Å². The van der Waals surface area contributed by atoms with Gasteiger partial charge in [0.15, 0.2) is 0 Å². The van der Waals surface area contributed by atoms with Crippen molar-refractivity contribution in [3.63, 3.8) is 0 Å². The van der Waals surface area contributed by atoms with Gasteiger partial charge in [0.1, 0.15) is 4.90 Å². The number of anilines is 1. The lowest BCUT2D eigenvalue weighted by molar-refractivity contribution is 0.467. The van der Waals surface area contributed by atoms with E-state index in [4.69, 9.17) is 0 Å². The van der Waals surface area contributed by atoms with Gasteiger partial charge in [-0.2, -0.15) is 9.40 Å². The van der Waals surface area contributed by atoms with Crippen LogP contribution in [0.2, 0.25) is 0 Å². The molecule has 0 aliphatic rings. The van der Waals surface area contributed by atoms with Crippen molar-refractivity contribution in [2.24, 2.45) is 0 Å². The number of nitrogens with zero attached hydrogens (tertiary/aromatic N) is 3. The molecule has 0 aliphatic carbocycles. The van der Waals surface area contributed by atoms with Crippen LogP contribution in [0.3, 0.4) is 0 Å². The van der Waals surface area contributed by atoms with Crippen LogP contribution in [0, 0.1) is 0 Å². The average molecular weight is 309 g/mol. The third-order valence-electron chi connectivity index (χ3n) is 3.00. The van der Waals surface area contributed by atoms with E-state index >= 15 is 0 Å². The number of H-pyrrole nitrogens is 1. The molecule has 2 N–H and O–H groups in total. The number of aromatic nitrogens is 3. The fourth-order valence-corrected chi connectivity index (χ4v) is 3.13. The maximum Gasteiger partial charge on any atom is 0.246 e. The fourth-order valence-electron chi connectivity index (χ4n) is 1.87. The average Bonchev–Trinajstić information content (AvgIpc) is 2.98. The topological polar surface area (TPSA) is 91.0 Å². The zero-order chi connectivity index (χ0) is 15.3. The molecule has 0 unspecified atom stereocenters. The van der Waals surface area contributed by atoms with Crippen molar-refractivity contribution in [3.8, 4) is 0 Å². The van der Waals surface area contributed by atoms with Gasteiger partial charge in [-0.05, 0) is 12.5 Å². The van der Waals surface area contributed by atoms with Gasteiger partial charge in [-0.1, -0.05) is 6.92 Å². The summed E-state index contributed by atoms with van der Waals surface area (Å²) in [6.45, 7) is 2.98. The molecule has 0 aromatic carbocycles. The SMILES string of the molecule is CCCNc1ccncc1S(=O)(=O)N(C)Cc1cn[nH]c1. The summed E-state index contributed by atoms with van der Waals surface area (Å²) in [6.07, 6.45) is 7.13. The van der Waals surface area contributed by atoms with Crippen LogP contribution in [-0.4, -0.2) is 41.5 Å².